The molecule has 0 aliphatic heterocycles. The van der Waals surface area contributed by atoms with Gasteiger partial charge in [0, 0.05) is 11.1 Å². The van der Waals surface area contributed by atoms with E-state index in [9.17, 15) is 30.6 Å². The van der Waals surface area contributed by atoms with Crippen LogP contribution in [0.1, 0.15) is 164 Å². The number of hydrogen-bond donors (Lipinski definition) is 6. The molecule has 0 radical (unpaired) electrons. The maximum absolute atomic E-state index is 11.1. The number of aliphatic hydroxyl groups is 2. The van der Waals surface area contributed by atoms with Crippen LogP contribution in [0, 0.1) is 11.8 Å². The summed E-state index contributed by atoms with van der Waals surface area (Å²) in [6.07, 6.45) is 10.8. The fourth-order valence-corrected chi connectivity index (χ4v) is 6.92. The first-order chi connectivity index (χ1) is 20.1. The van der Waals surface area contributed by atoms with E-state index in [-0.39, 0.29) is 46.7 Å². The molecule has 42 heavy (non-hydrogen) atoms. The van der Waals surface area contributed by atoms with Gasteiger partial charge in [0.15, 0.2) is 0 Å². The SMILES string of the molecule is CCCC[C@H]1CCCC[C@H](C)[C@@H](O)c2cc(O)c(c(O)c2)[C@@H](CCCC)CCCC[C@H](C)[C@@H](O)c2cc(O)c1c(O)c2. The molecule has 2 aromatic carbocycles. The first-order valence-electron chi connectivity index (χ1n) is 16.6. The minimum absolute atomic E-state index is 0.00810. The number of phenols is 4. The first-order valence-corrected chi connectivity index (χ1v) is 16.6. The van der Waals surface area contributed by atoms with Gasteiger partial charge >= 0.3 is 0 Å². The summed E-state index contributed by atoms with van der Waals surface area (Å²) >= 11 is 0. The highest BCUT2D eigenvalue weighted by Crippen LogP contribution is 2.45. The van der Waals surface area contributed by atoms with Crippen molar-refractivity contribution in [3.8, 4) is 23.0 Å². The summed E-state index contributed by atoms with van der Waals surface area (Å²) in [5, 5.41) is 66.4. The Morgan fingerprint density at radius 1 is 0.548 bits per heavy atom. The van der Waals surface area contributed by atoms with Crippen LogP contribution in [0.5, 0.6) is 23.0 Å². The molecule has 4 bridgehead atoms. The lowest BCUT2D eigenvalue weighted by atomic mass is 9.83. The van der Waals surface area contributed by atoms with Crippen LogP contribution < -0.4 is 0 Å². The van der Waals surface area contributed by atoms with Crippen molar-refractivity contribution in [1.29, 1.82) is 0 Å². The van der Waals surface area contributed by atoms with Crippen molar-refractivity contribution in [2.45, 2.75) is 142 Å². The van der Waals surface area contributed by atoms with Gasteiger partial charge in [0.05, 0.1) is 12.2 Å². The normalized spacial score (nSPS) is 26.5. The molecule has 0 spiro atoms. The second-order valence-electron chi connectivity index (χ2n) is 13.0. The van der Waals surface area contributed by atoms with Gasteiger partial charge in [-0.3, -0.25) is 0 Å². The van der Waals surface area contributed by atoms with Gasteiger partial charge in [0.2, 0.25) is 0 Å². The number of rotatable bonds is 6. The minimum atomic E-state index is -0.799. The zero-order valence-corrected chi connectivity index (χ0v) is 26.4. The van der Waals surface area contributed by atoms with E-state index in [1.807, 2.05) is 13.8 Å². The van der Waals surface area contributed by atoms with Crippen molar-refractivity contribution in [2.75, 3.05) is 0 Å². The van der Waals surface area contributed by atoms with Crippen LogP contribution in [-0.4, -0.2) is 30.6 Å². The second kappa shape index (κ2) is 16.4. The van der Waals surface area contributed by atoms with E-state index in [2.05, 4.69) is 13.8 Å². The molecule has 0 aromatic heterocycles. The lowest BCUT2D eigenvalue weighted by Crippen LogP contribution is -2.11. The molecule has 2 aromatic rings. The zero-order chi connectivity index (χ0) is 30.8. The molecule has 4 aliphatic rings. The van der Waals surface area contributed by atoms with E-state index in [0.717, 1.165) is 89.9 Å². The molecule has 6 atom stereocenters. The molecule has 4 aliphatic carbocycles. The molecule has 0 amide bonds. The van der Waals surface area contributed by atoms with Gasteiger partial charge in [-0.25, -0.2) is 0 Å². The highest BCUT2D eigenvalue weighted by molar-refractivity contribution is 5.50. The van der Waals surface area contributed by atoms with Gasteiger partial charge < -0.3 is 30.6 Å². The summed E-state index contributed by atoms with van der Waals surface area (Å²) in [6, 6.07) is 6.54. The third kappa shape index (κ3) is 8.79. The summed E-state index contributed by atoms with van der Waals surface area (Å²) in [6.45, 7) is 8.25. The highest BCUT2D eigenvalue weighted by Gasteiger charge is 2.26. The third-order valence-electron chi connectivity index (χ3n) is 9.63. The van der Waals surface area contributed by atoms with E-state index in [1.54, 1.807) is 24.3 Å². The van der Waals surface area contributed by atoms with E-state index < -0.39 is 12.2 Å². The second-order valence-corrected chi connectivity index (χ2v) is 13.0. The van der Waals surface area contributed by atoms with Crippen LogP contribution in [-0.2, 0) is 0 Å². The number of unbranched alkanes of at least 4 members (excludes halogenated alkanes) is 2. The van der Waals surface area contributed by atoms with Gasteiger partial charge in [-0.2, -0.15) is 0 Å². The van der Waals surface area contributed by atoms with Crippen molar-refractivity contribution in [1.82, 2.24) is 0 Å². The molecule has 6 N–H and O–H groups in total. The molecule has 236 valence electrons. The van der Waals surface area contributed by atoms with Crippen LogP contribution in [0.15, 0.2) is 24.3 Å². The first kappa shape index (κ1) is 34.1. The Balaban J connectivity index is 1.92. The quantitative estimate of drug-likeness (QED) is 0.201. The standard InChI is InChI=1S/C36H56O6/c1-5-7-15-25-17-11-9-13-23(3)36(42)28-21-31(39)34(32(40)22-28)26(16-8-6-2)18-12-10-14-24(4)35(41)27-19-29(37)33(25)30(38)20-27/h19-26,35-42H,5-18H2,1-4H3/t23-,24-,25-,26-,35+,36+/m0/s1. The largest absolute Gasteiger partial charge is 0.508 e. The van der Waals surface area contributed by atoms with Gasteiger partial charge in [-0.05, 0) is 97.6 Å². The molecule has 0 saturated heterocycles. The monoisotopic (exact) mass is 584 g/mol. The number of aromatic hydroxyl groups is 4. The Bertz CT molecular complexity index is 981. The average molecular weight is 585 g/mol. The lowest BCUT2D eigenvalue weighted by Gasteiger charge is -2.25. The number of hydrogen-bond acceptors (Lipinski definition) is 6. The number of benzene rings is 2. The van der Waals surface area contributed by atoms with Crippen molar-refractivity contribution < 1.29 is 30.6 Å². The van der Waals surface area contributed by atoms with E-state index in [0.29, 0.717) is 22.3 Å². The van der Waals surface area contributed by atoms with E-state index >= 15 is 0 Å². The lowest BCUT2D eigenvalue weighted by molar-refractivity contribution is 0.110. The number of aliphatic hydroxyl groups excluding tert-OH is 2. The van der Waals surface area contributed by atoms with Crippen molar-refractivity contribution in [2.24, 2.45) is 11.8 Å². The van der Waals surface area contributed by atoms with Gasteiger partial charge in [-0.1, -0.05) is 79.1 Å². The Hall–Kier alpha value is -2.44. The summed E-state index contributed by atoms with van der Waals surface area (Å²) < 4.78 is 0. The van der Waals surface area contributed by atoms with Gasteiger partial charge in [0.25, 0.3) is 0 Å². The summed E-state index contributed by atoms with van der Waals surface area (Å²) in [4.78, 5) is 0. The summed E-state index contributed by atoms with van der Waals surface area (Å²) in [7, 11) is 0. The zero-order valence-electron chi connectivity index (χ0n) is 26.4. The fourth-order valence-electron chi connectivity index (χ4n) is 6.92. The van der Waals surface area contributed by atoms with Crippen molar-refractivity contribution in [3.63, 3.8) is 0 Å². The van der Waals surface area contributed by atoms with Crippen molar-refractivity contribution >= 4 is 0 Å². The van der Waals surface area contributed by atoms with Crippen LogP contribution >= 0.6 is 0 Å². The Morgan fingerprint density at radius 2 is 0.857 bits per heavy atom. The summed E-state index contributed by atoms with van der Waals surface area (Å²) in [5.74, 6) is 0.121. The van der Waals surface area contributed by atoms with Gasteiger partial charge in [-0.15, -0.1) is 0 Å². The minimum Gasteiger partial charge on any atom is -0.508 e. The molecule has 6 rings (SSSR count). The maximum Gasteiger partial charge on any atom is 0.123 e. The third-order valence-corrected chi connectivity index (χ3v) is 9.63. The molecular formula is C36H56O6. The molecule has 6 nitrogen and oxygen atoms in total. The van der Waals surface area contributed by atoms with Crippen LogP contribution in [0.25, 0.3) is 0 Å². The molecule has 0 fully saturated rings. The molecule has 6 heteroatoms. The predicted molar refractivity (Wildman–Crippen MR) is 169 cm³/mol. The predicted octanol–water partition coefficient (Wildman–Crippen LogP) is 9.23. The number of phenolic OH excluding ortho intramolecular Hbond substituents is 4. The average Bonchev–Trinajstić information content (AvgIpc) is 2.95. The Morgan fingerprint density at radius 3 is 1.17 bits per heavy atom. The summed E-state index contributed by atoms with van der Waals surface area (Å²) in [5.41, 5.74) is 2.23. The molecular weight excluding hydrogens is 528 g/mol. The molecule has 0 heterocycles. The maximum atomic E-state index is 11.1. The molecule has 0 unspecified atom stereocenters. The van der Waals surface area contributed by atoms with Crippen molar-refractivity contribution in [3.05, 3.63) is 46.5 Å². The Kier molecular flexibility index (Phi) is 13.3. The van der Waals surface area contributed by atoms with E-state index in [1.165, 1.54) is 0 Å². The van der Waals surface area contributed by atoms with E-state index in [4.69, 9.17) is 0 Å². The van der Waals surface area contributed by atoms with Crippen LogP contribution in [0.4, 0.5) is 0 Å². The topological polar surface area (TPSA) is 121 Å². The molecule has 0 saturated carbocycles. The Labute approximate surface area is 253 Å². The van der Waals surface area contributed by atoms with Crippen LogP contribution in [0.3, 0.4) is 0 Å². The fraction of sp³-hybridized carbons (Fsp3) is 0.667. The van der Waals surface area contributed by atoms with Crippen LogP contribution in [0.2, 0.25) is 0 Å². The smallest absolute Gasteiger partial charge is 0.123 e. The van der Waals surface area contributed by atoms with Gasteiger partial charge in [0.1, 0.15) is 23.0 Å². The highest BCUT2D eigenvalue weighted by atomic mass is 16.3.